The highest BCUT2D eigenvalue weighted by atomic mass is 16.6. The van der Waals surface area contributed by atoms with Crippen molar-refractivity contribution in [2.45, 2.75) is 58.2 Å². The van der Waals surface area contributed by atoms with Crippen LogP contribution in [-0.2, 0) is 33.3 Å². The van der Waals surface area contributed by atoms with Crippen LogP contribution >= 0.6 is 0 Å². The fraction of sp³-hybridized carbons (Fsp3) is 0.615. The highest BCUT2D eigenvalue weighted by molar-refractivity contribution is 6.20. The van der Waals surface area contributed by atoms with Crippen LogP contribution in [-0.4, -0.2) is 80.1 Å². The first-order chi connectivity index (χ1) is 16.7. The van der Waals surface area contributed by atoms with Gasteiger partial charge in [0, 0.05) is 0 Å². The van der Waals surface area contributed by atoms with Gasteiger partial charge >= 0.3 is 11.9 Å². The number of aryl methyl sites for hydroxylation is 3. The largest absolute Gasteiger partial charge is 0.507 e. The molecule has 1 spiro atoms. The molecule has 1 fully saturated rings. The third kappa shape index (κ3) is 7.04. The summed E-state index contributed by atoms with van der Waals surface area (Å²) in [5.41, 5.74) is 3.12. The molecule has 9 heteroatoms. The monoisotopic (exact) mass is 492 g/mol. The Bertz CT molecular complexity index is 906. The average molecular weight is 493 g/mol. The first-order valence-electron chi connectivity index (χ1n) is 12.1. The third-order valence-corrected chi connectivity index (χ3v) is 6.38. The van der Waals surface area contributed by atoms with E-state index in [-0.39, 0.29) is 25.1 Å². The zero-order valence-electron chi connectivity index (χ0n) is 20.8. The molecule has 194 valence electrons. The zero-order valence-corrected chi connectivity index (χ0v) is 20.8. The van der Waals surface area contributed by atoms with Crippen LogP contribution in [0, 0.1) is 20.8 Å². The van der Waals surface area contributed by atoms with E-state index >= 15 is 0 Å². The number of carboxylic acids is 1. The van der Waals surface area contributed by atoms with Gasteiger partial charge in [0.25, 0.3) is 0 Å². The minimum absolute atomic E-state index is 0.0188. The number of aliphatic carboxylic acids is 1. The lowest BCUT2D eigenvalue weighted by Crippen LogP contribution is -2.39. The molecule has 2 aliphatic rings. The molecule has 1 saturated carbocycles. The molecule has 0 saturated heterocycles. The Kier molecular flexibility index (Phi) is 9.68. The van der Waals surface area contributed by atoms with Crippen LogP contribution in [0.25, 0.3) is 5.57 Å². The van der Waals surface area contributed by atoms with Crippen molar-refractivity contribution in [3.8, 4) is 0 Å². The lowest BCUT2D eigenvalue weighted by Gasteiger charge is -2.35. The summed E-state index contributed by atoms with van der Waals surface area (Å²) in [4.78, 5) is 23.1. The molecule has 1 aromatic carbocycles. The summed E-state index contributed by atoms with van der Waals surface area (Å²) < 4.78 is 27.3. The number of aliphatic hydroxyl groups excluding tert-OH is 1. The standard InChI is InChI=1S/C26H36O9/c1-17-14-18(2)22(19(3)15-17)23-24(29)26(35-25(23)30)6-4-20(5-7-26)34-13-12-32-9-8-31-10-11-33-16-21(27)28/h14-15,20,29H,4-13,16H2,1-3H3,(H,27,28). The molecule has 0 aromatic heterocycles. The second kappa shape index (κ2) is 12.5. The quantitative estimate of drug-likeness (QED) is 0.316. The molecular weight excluding hydrogens is 456 g/mol. The zero-order chi connectivity index (χ0) is 25.4. The molecule has 1 aliphatic heterocycles. The number of carbonyl (C=O) groups excluding carboxylic acids is 1. The lowest BCUT2D eigenvalue weighted by molar-refractivity contribution is -0.152. The first-order valence-corrected chi connectivity index (χ1v) is 12.1. The van der Waals surface area contributed by atoms with E-state index in [0.29, 0.717) is 64.3 Å². The predicted molar refractivity (Wildman–Crippen MR) is 127 cm³/mol. The van der Waals surface area contributed by atoms with Gasteiger partial charge in [0.15, 0.2) is 11.4 Å². The second-order valence-corrected chi connectivity index (χ2v) is 9.12. The molecular formula is C26H36O9. The summed E-state index contributed by atoms with van der Waals surface area (Å²) in [5, 5.41) is 19.6. The highest BCUT2D eigenvalue weighted by Gasteiger charge is 2.51. The number of ether oxygens (including phenoxy) is 5. The molecule has 1 aliphatic carbocycles. The van der Waals surface area contributed by atoms with Crippen molar-refractivity contribution >= 4 is 17.5 Å². The minimum atomic E-state index is -1.00. The lowest BCUT2D eigenvalue weighted by atomic mass is 9.80. The van der Waals surface area contributed by atoms with Crippen molar-refractivity contribution in [1.29, 1.82) is 0 Å². The van der Waals surface area contributed by atoms with Gasteiger partial charge in [-0.1, -0.05) is 17.7 Å². The molecule has 35 heavy (non-hydrogen) atoms. The van der Waals surface area contributed by atoms with Crippen LogP contribution in [0.3, 0.4) is 0 Å². The highest BCUT2D eigenvalue weighted by Crippen LogP contribution is 2.46. The number of hydrogen-bond donors (Lipinski definition) is 2. The van der Waals surface area contributed by atoms with Crippen molar-refractivity contribution in [3.63, 3.8) is 0 Å². The molecule has 1 aromatic rings. The van der Waals surface area contributed by atoms with Crippen molar-refractivity contribution in [2.24, 2.45) is 0 Å². The van der Waals surface area contributed by atoms with Crippen LogP contribution in [0.5, 0.6) is 0 Å². The van der Waals surface area contributed by atoms with E-state index < -0.39 is 17.5 Å². The number of esters is 1. The van der Waals surface area contributed by atoms with Crippen LogP contribution < -0.4 is 0 Å². The van der Waals surface area contributed by atoms with E-state index in [1.807, 2.05) is 32.9 Å². The Hall–Kier alpha value is -2.46. The maximum atomic E-state index is 12.8. The molecule has 0 amide bonds. The number of carboxylic acid groups (broad SMARTS) is 1. The van der Waals surface area contributed by atoms with Gasteiger partial charge in [-0.3, -0.25) is 0 Å². The Labute approximate surface area is 206 Å². The number of benzene rings is 1. The van der Waals surface area contributed by atoms with E-state index in [1.54, 1.807) is 0 Å². The molecule has 3 rings (SSSR count). The van der Waals surface area contributed by atoms with Crippen LogP contribution in [0.15, 0.2) is 17.9 Å². The van der Waals surface area contributed by atoms with Gasteiger partial charge in [-0.05, 0) is 63.1 Å². The molecule has 0 bridgehead atoms. The van der Waals surface area contributed by atoms with E-state index in [9.17, 15) is 14.7 Å². The maximum Gasteiger partial charge on any atom is 0.343 e. The Balaban J connectivity index is 1.38. The van der Waals surface area contributed by atoms with Crippen LogP contribution in [0.1, 0.15) is 47.9 Å². The Morgan fingerprint density at radius 2 is 1.51 bits per heavy atom. The smallest absolute Gasteiger partial charge is 0.343 e. The number of hydrogen-bond acceptors (Lipinski definition) is 8. The average Bonchev–Trinajstić information content (AvgIpc) is 3.02. The number of aliphatic hydroxyl groups is 1. The fourth-order valence-corrected chi connectivity index (χ4v) is 4.83. The van der Waals surface area contributed by atoms with Gasteiger partial charge in [0.2, 0.25) is 0 Å². The summed E-state index contributed by atoms with van der Waals surface area (Å²) in [6.45, 7) is 7.78. The Morgan fingerprint density at radius 1 is 0.971 bits per heavy atom. The van der Waals surface area contributed by atoms with Crippen LogP contribution in [0.2, 0.25) is 0 Å². The first kappa shape index (κ1) is 27.1. The molecule has 0 atom stereocenters. The van der Waals surface area contributed by atoms with Gasteiger partial charge in [0.05, 0.1) is 45.7 Å². The predicted octanol–water partition coefficient (Wildman–Crippen LogP) is 3.27. The minimum Gasteiger partial charge on any atom is -0.507 e. The Morgan fingerprint density at radius 3 is 2.09 bits per heavy atom. The van der Waals surface area contributed by atoms with Crippen molar-refractivity contribution in [2.75, 3.05) is 46.2 Å². The fourth-order valence-electron chi connectivity index (χ4n) is 4.83. The van der Waals surface area contributed by atoms with Gasteiger partial charge in [-0.15, -0.1) is 0 Å². The van der Waals surface area contributed by atoms with Crippen LogP contribution in [0.4, 0.5) is 0 Å². The summed E-state index contributed by atoms with van der Waals surface area (Å²) in [6, 6.07) is 4.02. The molecule has 2 N–H and O–H groups in total. The summed E-state index contributed by atoms with van der Waals surface area (Å²) in [6.07, 6.45) is 2.40. The van der Waals surface area contributed by atoms with Gasteiger partial charge in [0.1, 0.15) is 12.2 Å². The summed E-state index contributed by atoms with van der Waals surface area (Å²) in [7, 11) is 0. The number of rotatable bonds is 13. The topological polar surface area (TPSA) is 121 Å². The van der Waals surface area contributed by atoms with E-state index in [4.69, 9.17) is 28.8 Å². The van der Waals surface area contributed by atoms with E-state index in [1.165, 1.54) is 0 Å². The SMILES string of the molecule is Cc1cc(C)c(C2=C(O)C3(CCC(OCCOCCOCCOCC(=O)O)CC3)OC2=O)c(C)c1. The molecule has 0 unspecified atom stereocenters. The summed E-state index contributed by atoms with van der Waals surface area (Å²) in [5.74, 6) is -1.41. The third-order valence-electron chi connectivity index (χ3n) is 6.38. The van der Waals surface area contributed by atoms with Crippen molar-refractivity contribution in [1.82, 2.24) is 0 Å². The second-order valence-electron chi connectivity index (χ2n) is 9.12. The van der Waals surface area contributed by atoms with E-state index in [2.05, 4.69) is 0 Å². The van der Waals surface area contributed by atoms with Crippen molar-refractivity contribution < 1.29 is 43.5 Å². The van der Waals surface area contributed by atoms with Gasteiger partial charge in [-0.25, -0.2) is 9.59 Å². The normalized spacial score (nSPS) is 22.1. The molecule has 1 heterocycles. The molecule has 9 nitrogen and oxygen atoms in total. The summed E-state index contributed by atoms with van der Waals surface area (Å²) >= 11 is 0. The maximum absolute atomic E-state index is 12.8. The molecule has 0 radical (unpaired) electrons. The van der Waals surface area contributed by atoms with Gasteiger partial charge in [-0.2, -0.15) is 0 Å². The van der Waals surface area contributed by atoms with Gasteiger partial charge < -0.3 is 33.9 Å². The number of carbonyl (C=O) groups is 2. The van der Waals surface area contributed by atoms with E-state index in [0.717, 1.165) is 22.3 Å². The van der Waals surface area contributed by atoms with Crippen molar-refractivity contribution in [3.05, 3.63) is 40.1 Å².